The first-order valence-electron chi connectivity index (χ1n) is 6.20. The predicted octanol–water partition coefficient (Wildman–Crippen LogP) is 3.13. The minimum atomic E-state index is -4.45. The first-order valence-corrected chi connectivity index (χ1v) is 6.20. The van der Waals surface area contributed by atoms with Crippen molar-refractivity contribution in [1.29, 1.82) is 0 Å². The quantitative estimate of drug-likeness (QED) is 0.855. The van der Waals surface area contributed by atoms with Gasteiger partial charge in [0.25, 0.3) is 0 Å². The van der Waals surface area contributed by atoms with E-state index in [0.29, 0.717) is 0 Å². The van der Waals surface area contributed by atoms with E-state index in [-0.39, 0.29) is 23.3 Å². The number of halogens is 3. The van der Waals surface area contributed by atoms with Crippen LogP contribution in [0.1, 0.15) is 12.5 Å². The number of carbonyl (C=O) groups is 1. The number of hydrogen-bond acceptors (Lipinski definition) is 4. The third kappa shape index (κ3) is 2.79. The number of alkyl halides is 3. The molecule has 1 aromatic heterocycles. The predicted molar refractivity (Wildman–Crippen MR) is 71.5 cm³/mol. The molecule has 5 nitrogen and oxygen atoms in total. The molecule has 8 heteroatoms. The highest BCUT2D eigenvalue weighted by atomic mass is 19.4. The largest absolute Gasteiger partial charge is 0.448 e. The molecule has 0 spiro atoms. The molecule has 2 rings (SSSR count). The van der Waals surface area contributed by atoms with Crippen LogP contribution in [-0.4, -0.2) is 36.6 Å². The summed E-state index contributed by atoms with van der Waals surface area (Å²) in [7, 11) is 3.27. The van der Waals surface area contributed by atoms with Gasteiger partial charge in [-0.25, -0.2) is 4.79 Å². The van der Waals surface area contributed by atoms with E-state index >= 15 is 0 Å². The molecule has 0 amide bonds. The molecule has 0 atom stereocenters. The van der Waals surface area contributed by atoms with Gasteiger partial charge in [0.15, 0.2) is 5.82 Å². The second-order valence-corrected chi connectivity index (χ2v) is 4.56. The maximum absolute atomic E-state index is 12.8. The summed E-state index contributed by atoms with van der Waals surface area (Å²) in [5.74, 6) is 0.268. The van der Waals surface area contributed by atoms with Crippen molar-refractivity contribution in [3.05, 3.63) is 23.8 Å². The number of carbonyl (C=O) groups excluding carboxylic acids is 1. The number of rotatable bonds is 2. The van der Waals surface area contributed by atoms with Crippen LogP contribution in [0.2, 0.25) is 0 Å². The van der Waals surface area contributed by atoms with Crippen molar-refractivity contribution in [3.63, 3.8) is 0 Å². The van der Waals surface area contributed by atoms with Crippen molar-refractivity contribution in [2.45, 2.75) is 13.1 Å². The summed E-state index contributed by atoms with van der Waals surface area (Å²) in [6.45, 7) is 1.79. The Morgan fingerprint density at radius 2 is 2.05 bits per heavy atom. The lowest BCUT2D eigenvalue weighted by molar-refractivity contribution is -0.137. The fraction of sp³-hybridized carbons (Fsp3) is 0.385. The lowest BCUT2D eigenvalue weighted by Gasteiger charge is -2.09. The van der Waals surface area contributed by atoms with E-state index in [1.807, 2.05) is 0 Å². The number of aromatic nitrogens is 2. The monoisotopic (exact) mass is 301 g/mol. The van der Waals surface area contributed by atoms with Crippen LogP contribution in [0.25, 0.3) is 10.9 Å². The molecule has 0 N–H and O–H groups in total. The Labute approximate surface area is 118 Å². The third-order valence-corrected chi connectivity index (χ3v) is 2.85. The molecule has 0 aliphatic carbocycles. The molecule has 114 valence electrons. The highest BCUT2D eigenvalue weighted by Gasteiger charge is 2.31. The standard InChI is InChI=1S/C13H14F3N3O2/c1-4-21-12(20)19-10-6-5-8(13(14,15)16)7-9(10)11(17-19)18(2)3/h5-7H,4H2,1-3H3. The van der Waals surface area contributed by atoms with Crippen molar-refractivity contribution in [3.8, 4) is 0 Å². The first-order chi connectivity index (χ1) is 9.75. The Kier molecular flexibility index (Phi) is 3.80. The number of anilines is 1. The molecular weight excluding hydrogens is 287 g/mol. The number of fused-ring (bicyclic) bond motifs is 1. The molecule has 0 saturated heterocycles. The Morgan fingerprint density at radius 3 is 2.57 bits per heavy atom. The zero-order valence-electron chi connectivity index (χ0n) is 11.7. The molecule has 0 unspecified atom stereocenters. The zero-order valence-corrected chi connectivity index (χ0v) is 11.7. The molecule has 1 heterocycles. The Balaban J connectivity index is 2.67. The molecule has 0 saturated carbocycles. The van der Waals surface area contributed by atoms with E-state index < -0.39 is 17.8 Å². The highest BCUT2D eigenvalue weighted by Crippen LogP contribution is 2.34. The minimum Gasteiger partial charge on any atom is -0.448 e. The molecule has 0 radical (unpaired) electrons. The summed E-state index contributed by atoms with van der Waals surface area (Å²) in [5, 5.41) is 4.27. The number of hydrogen-bond donors (Lipinski definition) is 0. The second-order valence-electron chi connectivity index (χ2n) is 4.56. The SMILES string of the molecule is CCOC(=O)n1nc(N(C)C)c2cc(C(F)(F)F)ccc21. The van der Waals surface area contributed by atoms with Crippen molar-refractivity contribution >= 4 is 22.8 Å². The van der Waals surface area contributed by atoms with Crippen LogP contribution in [0.15, 0.2) is 18.2 Å². The molecule has 0 bridgehead atoms. The van der Waals surface area contributed by atoms with E-state index in [0.717, 1.165) is 16.8 Å². The van der Waals surface area contributed by atoms with Crippen LogP contribution in [0.5, 0.6) is 0 Å². The molecule has 2 aromatic rings. The number of ether oxygens (including phenoxy) is 1. The summed E-state index contributed by atoms with van der Waals surface area (Å²) >= 11 is 0. The summed E-state index contributed by atoms with van der Waals surface area (Å²) in [6.07, 6.45) is -5.18. The van der Waals surface area contributed by atoms with Crippen LogP contribution in [0.3, 0.4) is 0 Å². The van der Waals surface area contributed by atoms with Crippen molar-refractivity contribution in [2.24, 2.45) is 0 Å². The molecule has 0 fully saturated rings. The van der Waals surface area contributed by atoms with Gasteiger partial charge in [0.05, 0.1) is 17.7 Å². The lowest BCUT2D eigenvalue weighted by atomic mass is 10.1. The van der Waals surface area contributed by atoms with Crippen LogP contribution in [0, 0.1) is 0 Å². The Bertz CT molecular complexity index is 677. The molecular formula is C13H14F3N3O2. The normalized spacial score (nSPS) is 11.7. The van der Waals surface area contributed by atoms with E-state index in [9.17, 15) is 18.0 Å². The maximum atomic E-state index is 12.8. The lowest BCUT2D eigenvalue weighted by Crippen LogP contribution is -2.16. The van der Waals surface area contributed by atoms with Gasteiger partial charge in [-0.2, -0.15) is 17.9 Å². The highest BCUT2D eigenvalue weighted by molar-refractivity contribution is 5.96. The fourth-order valence-electron chi connectivity index (χ4n) is 1.93. The summed E-state index contributed by atoms with van der Waals surface area (Å²) < 4.78 is 44.2. The van der Waals surface area contributed by atoms with Crippen LogP contribution >= 0.6 is 0 Å². The van der Waals surface area contributed by atoms with Crippen LogP contribution < -0.4 is 4.90 Å². The average molecular weight is 301 g/mol. The number of nitrogens with zero attached hydrogens (tertiary/aromatic N) is 3. The second kappa shape index (κ2) is 5.27. The molecule has 0 aliphatic heterocycles. The van der Waals surface area contributed by atoms with E-state index in [1.54, 1.807) is 21.0 Å². The topological polar surface area (TPSA) is 47.4 Å². The zero-order chi connectivity index (χ0) is 15.8. The Hall–Kier alpha value is -2.25. The third-order valence-electron chi connectivity index (χ3n) is 2.85. The van der Waals surface area contributed by atoms with Crippen LogP contribution in [-0.2, 0) is 10.9 Å². The smallest absolute Gasteiger partial charge is 0.435 e. The summed E-state index contributed by atoms with van der Waals surface area (Å²) in [6, 6.07) is 3.11. The summed E-state index contributed by atoms with van der Waals surface area (Å²) in [4.78, 5) is 13.4. The van der Waals surface area contributed by atoms with Gasteiger partial charge < -0.3 is 9.64 Å². The number of benzene rings is 1. The van der Waals surface area contributed by atoms with Crippen molar-refractivity contribution < 1.29 is 22.7 Å². The van der Waals surface area contributed by atoms with E-state index in [1.165, 1.54) is 11.0 Å². The van der Waals surface area contributed by atoms with Gasteiger partial charge in [-0.3, -0.25) is 0 Å². The van der Waals surface area contributed by atoms with Gasteiger partial charge >= 0.3 is 12.3 Å². The van der Waals surface area contributed by atoms with Gasteiger partial charge in [0, 0.05) is 19.5 Å². The average Bonchev–Trinajstić information content (AvgIpc) is 2.76. The van der Waals surface area contributed by atoms with Gasteiger partial charge in [0.2, 0.25) is 0 Å². The minimum absolute atomic E-state index is 0.151. The maximum Gasteiger partial charge on any atom is 0.435 e. The summed E-state index contributed by atoms with van der Waals surface area (Å²) in [5.41, 5.74) is -0.522. The molecule has 0 aliphatic rings. The van der Waals surface area contributed by atoms with Crippen LogP contribution in [0.4, 0.5) is 23.8 Å². The fourth-order valence-corrected chi connectivity index (χ4v) is 1.93. The van der Waals surface area contributed by atoms with Gasteiger partial charge in [-0.1, -0.05) is 0 Å². The van der Waals surface area contributed by atoms with Gasteiger partial charge in [0.1, 0.15) is 0 Å². The van der Waals surface area contributed by atoms with E-state index in [2.05, 4.69) is 5.10 Å². The first kappa shape index (κ1) is 15.1. The molecule has 1 aromatic carbocycles. The Morgan fingerprint density at radius 1 is 1.38 bits per heavy atom. The van der Waals surface area contributed by atoms with Crippen molar-refractivity contribution in [1.82, 2.24) is 9.78 Å². The molecule has 21 heavy (non-hydrogen) atoms. The van der Waals surface area contributed by atoms with Gasteiger partial charge in [-0.15, -0.1) is 5.10 Å². The van der Waals surface area contributed by atoms with Gasteiger partial charge in [-0.05, 0) is 25.1 Å². The van der Waals surface area contributed by atoms with E-state index in [4.69, 9.17) is 4.74 Å². The van der Waals surface area contributed by atoms with Crippen molar-refractivity contribution in [2.75, 3.05) is 25.6 Å².